The Hall–Kier alpha value is -3.04. The summed E-state index contributed by atoms with van der Waals surface area (Å²) in [6.45, 7) is 3.40. The first-order valence-electron chi connectivity index (χ1n) is 11.2. The molecule has 1 amide bonds. The summed E-state index contributed by atoms with van der Waals surface area (Å²) in [5.74, 6) is 0.338. The van der Waals surface area contributed by atoms with Crippen LogP contribution in [0, 0.1) is 10.8 Å². The van der Waals surface area contributed by atoms with Crippen molar-refractivity contribution in [1.82, 2.24) is 14.6 Å². The van der Waals surface area contributed by atoms with E-state index in [1.54, 1.807) is 53.6 Å². The van der Waals surface area contributed by atoms with Crippen molar-refractivity contribution in [2.24, 2.45) is 11.1 Å². The zero-order valence-corrected chi connectivity index (χ0v) is 19.3. The van der Waals surface area contributed by atoms with E-state index in [2.05, 4.69) is 21.8 Å². The van der Waals surface area contributed by atoms with Gasteiger partial charge >= 0.3 is 0 Å². The van der Waals surface area contributed by atoms with E-state index in [-0.39, 0.29) is 17.2 Å². The molecule has 1 unspecified atom stereocenters. The van der Waals surface area contributed by atoms with Crippen molar-refractivity contribution < 1.29 is 13.2 Å². The van der Waals surface area contributed by atoms with Crippen molar-refractivity contribution in [3.63, 3.8) is 0 Å². The Kier molecular flexibility index (Phi) is 6.90. The Bertz CT molecular complexity index is 1250. The normalized spacial score (nSPS) is 16.1. The van der Waals surface area contributed by atoms with Gasteiger partial charge < -0.3 is 9.88 Å². The van der Waals surface area contributed by atoms with E-state index in [9.17, 15) is 18.1 Å². The summed E-state index contributed by atoms with van der Waals surface area (Å²) in [6, 6.07) is 12.7. The van der Waals surface area contributed by atoms with Gasteiger partial charge in [0.15, 0.2) is 0 Å². The minimum atomic E-state index is -3.95. The van der Waals surface area contributed by atoms with Crippen LogP contribution in [-0.2, 0) is 21.2 Å². The van der Waals surface area contributed by atoms with E-state index in [4.69, 9.17) is 0 Å². The monoisotopic (exact) mass is 468 g/mol. The number of carbonyl (C=O) groups is 1. The molecule has 3 aromatic rings. The maximum absolute atomic E-state index is 13.4. The van der Waals surface area contributed by atoms with Crippen molar-refractivity contribution in [1.29, 1.82) is 0 Å². The van der Waals surface area contributed by atoms with Crippen LogP contribution in [-0.4, -0.2) is 43.3 Å². The molecule has 0 saturated carbocycles. The number of rotatable bonds is 8. The molecule has 1 fully saturated rings. The van der Waals surface area contributed by atoms with Crippen LogP contribution in [0.15, 0.2) is 64.8 Å². The van der Waals surface area contributed by atoms with Crippen LogP contribution in [0.25, 0.3) is 10.9 Å². The Morgan fingerprint density at radius 3 is 2.70 bits per heavy atom. The Labute approximate surface area is 193 Å². The number of H-pyrrole nitrogens is 1. The SMILES string of the molecule is CC1CCN(C(=O)C(CCc2cccc(N=O)c2)NS(=O)(=O)c2cccc3[nH]ccc23)CC1. The van der Waals surface area contributed by atoms with Crippen molar-refractivity contribution in [2.45, 2.75) is 43.5 Å². The van der Waals surface area contributed by atoms with Gasteiger partial charge in [0.05, 0.1) is 4.90 Å². The number of benzene rings is 2. The molecule has 0 radical (unpaired) electrons. The molecular weight excluding hydrogens is 440 g/mol. The number of sulfonamides is 1. The number of nitroso groups, excluding NO2 is 1. The molecule has 1 aromatic heterocycles. The molecule has 1 aliphatic heterocycles. The topological polar surface area (TPSA) is 112 Å². The highest BCUT2D eigenvalue weighted by Gasteiger charge is 2.31. The van der Waals surface area contributed by atoms with Gasteiger partial charge in [0.1, 0.15) is 11.7 Å². The second kappa shape index (κ2) is 9.84. The van der Waals surface area contributed by atoms with Gasteiger partial charge in [-0.15, -0.1) is 4.91 Å². The summed E-state index contributed by atoms with van der Waals surface area (Å²) in [7, 11) is -3.95. The summed E-state index contributed by atoms with van der Waals surface area (Å²) in [5, 5.41) is 3.53. The fraction of sp³-hybridized carbons (Fsp3) is 0.375. The summed E-state index contributed by atoms with van der Waals surface area (Å²) in [5.41, 5.74) is 1.84. The third-order valence-corrected chi connectivity index (χ3v) is 7.80. The lowest BCUT2D eigenvalue weighted by molar-refractivity contribution is -0.134. The number of aryl methyl sites for hydroxylation is 1. The molecule has 1 atom stereocenters. The third-order valence-electron chi connectivity index (χ3n) is 6.27. The Balaban J connectivity index is 1.59. The summed E-state index contributed by atoms with van der Waals surface area (Å²) >= 11 is 0. The maximum atomic E-state index is 13.4. The van der Waals surface area contributed by atoms with Crippen LogP contribution in [0.5, 0.6) is 0 Å². The standard InChI is InChI=1S/C24H28N4O4S/c1-17-11-14-28(15-12-17)24(29)22(9-8-18-4-2-5-19(16-18)26-30)27-33(31,32)23-7-3-6-21-20(23)10-13-25-21/h2-7,10,13,16-17,22,25,27H,8-9,11-12,14-15H2,1H3. The number of aromatic amines is 1. The average molecular weight is 469 g/mol. The third kappa shape index (κ3) is 5.31. The molecule has 1 saturated heterocycles. The van der Waals surface area contributed by atoms with Gasteiger partial charge in [-0.2, -0.15) is 4.72 Å². The van der Waals surface area contributed by atoms with E-state index in [1.807, 2.05) is 6.07 Å². The summed E-state index contributed by atoms with van der Waals surface area (Å²) in [4.78, 5) is 29.2. The molecule has 1 aliphatic rings. The molecule has 2 N–H and O–H groups in total. The zero-order chi connectivity index (χ0) is 23.4. The lowest BCUT2D eigenvalue weighted by Gasteiger charge is -2.33. The molecule has 0 bridgehead atoms. The van der Waals surface area contributed by atoms with Gasteiger partial charge in [-0.3, -0.25) is 4.79 Å². The molecule has 33 heavy (non-hydrogen) atoms. The maximum Gasteiger partial charge on any atom is 0.241 e. The number of hydrogen-bond donors (Lipinski definition) is 2. The molecule has 9 heteroatoms. The number of nitrogens with zero attached hydrogens (tertiary/aromatic N) is 2. The van der Waals surface area contributed by atoms with Gasteiger partial charge in [0, 0.05) is 30.2 Å². The van der Waals surface area contributed by atoms with E-state index >= 15 is 0 Å². The highest BCUT2D eigenvalue weighted by molar-refractivity contribution is 7.89. The molecule has 4 rings (SSSR count). The molecule has 8 nitrogen and oxygen atoms in total. The zero-order valence-electron chi connectivity index (χ0n) is 18.5. The average Bonchev–Trinajstić information content (AvgIpc) is 3.31. The van der Waals surface area contributed by atoms with Crippen molar-refractivity contribution in [3.8, 4) is 0 Å². The highest BCUT2D eigenvalue weighted by atomic mass is 32.2. The number of nitrogens with one attached hydrogen (secondary N) is 2. The van der Waals surface area contributed by atoms with E-state index in [0.717, 1.165) is 18.4 Å². The minimum Gasteiger partial charge on any atom is -0.361 e. The predicted molar refractivity (Wildman–Crippen MR) is 128 cm³/mol. The summed E-state index contributed by atoms with van der Waals surface area (Å²) in [6.07, 6.45) is 4.20. The van der Waals surface area contributed by atoms with Crippen molar-refractivity contribution in [2.75, 3.05) is 13.1 Å². The number of fused-ring (bicyclic) bond motifs is 1. The van der Waals surface area contributed by atoms with Gasteiger partial charge in [-0.05, 0) is 72.7 Å². The van der Waals surface area contributed by atoms with Gasteiger partial charge in [-0.25, -0.2) is 8.42 Å². The van der Waals surface area contributed by atoms with Crippen LogP contribution in [0.1, 0.15) is 31.7 Å². The molecule has 0 spiro atoms. The van der Waals surface area contributed by atoms with Gasteiger partial charge in [0.25, 0.3) is 0 Å². The first kappa shape index (κ1) is 23.1. The Morgan fingerprint density at radius 2 is 1.94 bits per heavy atom. The fourth-order valence-electron chi connectivity index (χ4n) is 4.30. The van der Waals surface area contributed by atoms with E-state index in [1.165, 1.54) is 0 Å². The number of piperidine rings is 1. The van der Waals surface area contributed by atoms with Crippen molar-refractivity contribution in [3.05, 3.63) is 65.2 Å². The molecule has 2 aromatic carbocycles. The second-order valence-corrected chi connectivity index (χ2v) is 10.4. The quantitative estimate of drug-likeness (QED) is 0.485. The molecule has 2 heterocycles. The van der Waals surface area contributed by atoms with Gasteiger partial charge in [-0.1, -0.05) is 25.1 Å². The molecular formula is C24H28N4O4S. The molecule has 0 aliphatic carbocycles. The van der Waals surface area contributed by atoms with Crippen molar-refractivity contribution >= 4 is 32.5 Å². The number of amides is 1. The lowest BCUT2D eigenvalue weighted by atomic mass is 9.98. The van der Waals surface area contributed by atoms with Crippen LogP contribution in [0.2, 0.25) is 0 Å². The van der Waals surface area contributed by atoms with Crippen LogP contribution in [0.3, 0.4) is 0 Å². The highest BCUT2D eigenvalue weighted by Crippen LogP contribution is 2.24. The largest absolute Gasteiger partial charge is 0.361 e. The second-order valence-electron chi connectivity index (χ2n) is 8.68. The predicted octanol–water partition coefficient (Wildman–Crippen LogP) is 4.10. The van der Waals surface area contributed by atoms with Gasteiger partial charge in [0.2, 0.25) is 15.9 Å². The number of hydrogen-bond acceptors (Lipinski definition) is 5. The number of aromatic nitrogens is 1. The minimum absolute atomic E-state index is 0.137. The smallest absolute Gasteiger partial charge is 0.241 e. The fourth-order valence-corrected chi connectivity index (χ4v) is 5.75. The van der Waals surface area contributed by atoms with Crippen LogP contribution >= 0.6 is 0 Å². The number of carbonyl (C=O) groups excluding carboxylic acids is 1. The van der Waals surface area contributed by atoms with Crippen LogP contribution < -0.4 is 4.72 Å². The Morgan fingerprint density at radius 1 is 1.18 bits per heavy atom. The molecule has 174 valence electrons. The van der Waals surface area contributed by atoms with Crippen LogP contribution in [0.4, 0.5) is 5.69 Å². The lowest BCUT2D eigenvalue weighted by Crippen LogP contribution is -2.50. The summed E-state index contributed by atoms with van der Waals surface area (Å²) < 4.78 is 29.4. The number of likely N-dealkylation sites (tertiary alicyclic amines) is 1. The van der Waals surface area contributed by atoms with E-state index < -0.39 is 16.1 Å². The first-order valence-corrected chi connectivity index (χ1v) is 12.7. The first-order chi connectivity index (χ1) is 15.9. The van der Waals surface area contributed by atoms with E-state index in [0.29, 0.717) is 42.0 Å².